The molecule has 0 radical (unpaired) electrons. The molecule has 0 aliphatic rings. The van der Waals surface area contributed by atoms with Crippen molar-refractivity contribution in [2.75, 3.05) is 0 Å². The highest BCUT2D eigenvalue weighted by atomic mass is 16.6. The van der Waals surface area contributed by atoms with Crippen LogP contribution in [0.25, 0.3) is 0 Å². The van der Waals surface area contributed by atoms with Gasteiger partial charge in [0.1, 0.15) is 43.6 Å². The smallest absolute Gasteiger partial charge is 0.408 e. The van der Waals surface area contributed by atoms with E-state index < -0.39 is 66.4 Å². The van der Waals surface area contributed by atoms with Crippen LogP contribution in [0.1, 0.15) is 49.9 Å². The van der Waals surface area contributed by atoms with E-state index in [0.29, 0.717) is 0 Å². The molecule has 0 aliphatic heterocycles. The number of alkyl carbamates (subject to hydrolysis) is 2. The van der Waals surface area contributed by atoms with Gasteiger partial charge in [-0.15, -0.1) is 0 Å². The van der Waals surface area contributed by atoms with E-state index in [2.05, 4.69) is 10.6 Å². The van der Waals surface area contributed by atoms with Crippen molar-refractivity contribution in [3.63, 3.8) is 0 Å². The summed E-state index contributed by atoms with van der Waals surface area (Å²) in [7, 11) is 0. The largest absolute Gasteiger partial charge is 0.458 e. The minimum absolute atomic E-state index is 0.00535. The number of amides is 2. The fourth-order valence-corrected chi connectivity index (χ4v) is 5.62. The van der Waals surface area contributed by atoms with Crippen LogP contribution in [0.15, 0.2) is 121 Å². The zero-order valence-electron chi connectivity index (χ0n) is 31.1. The molecule has 0 aromatic heterocycles. The Balaban J connectivity index is 1.54. The van der Waals surface area contributed by atoms with Gasteiger partial charge in [0.25, 0.3) is 0 Å². The maximum atomic E-state index is 13.8. The van der Waals surface area contributed by atoms with Crippen LogP contribution < -0.4 is 10.6 Å². The van der Waals surface area contributed by atoms with Gasteiger partial charge >= 0.3 is 24.1 Å². The van der Waals surface area contributed by atoms with E-state index >= 15 is 0 Å². The number of carbonyl (C=O) groups is 4. The lowest BCUT2D eigenvalue weighted by molar-refractivity contribution is -0.173. The normalized spacial score (nSPS) is 13.8. The van der Waals surface area contributed by atoms with Gasteiger partial charge in [0, 0.05) is 12.8 Å². The molecule has 4 aromatic rings. The Hall–Kier alpha value is -5.68. The summed E-state index contributed by atoms with van der Waals surface area (Å²) in [5.74, 6) is -2.41. The van der Waals surface area contributed by atoms with Crippen molar-refractivity contribution in [1.82, 2.24) is 10.6 Å². The second-order valence-corrected chi connectivity index (χ2v) is 13.7. The van der Waals surface area contributed by atoms with Gasteiger partial charge in [0.2, 0.25) is 0 Å². The van der Waals surface area contributed by atoms with Crippen LogP contribution in [-0.4, -0.2) is 59.6 Å². The molecule has 0 heterocycles. The van der Waals surface area contributed by atoms with Crippen LogP contribution in [0.5, 0.6) is 0 Å². The summed E-state index contributed by atoms with van der Waals surface area (Å²) in [6.07, 6.45) is -5.44. The molecular formula is C43H50N2O9. The number of aliphatic hydroxyl groups excluding tert-OH is 1. The van der Waals surface area contributed by atoms with Gasteiger partial charge in [-0.1, -0.05) is 149 Å². The van der Waals surface area contributed by atoms with Crippen molar-refractivity contribution in [1.29, 1.82) is 0 Å². The Bertz CT molecular complexity index is 1610. The molecule has 3 N–H and O–H groups in total. The number of hydrogen-bond acceptors (Lipinski definition) is 9. The van der Waals surface area contributed by atoms with E-state index in [4.69, 9.17) is 18.9 Å². The molecule has 0 aliphatic carbocycles. The molecule has 0 saturated heterocycles. The molecule has 0 saturated carbocycles. The summed E-state index contributed by atoms with van der Waals surface area (Å²) in [4.78, 5) is 53.2. The highest BCUT2D eigenvalue weighted by Crippen LogP contribution is 2.21. The first kappa shape index (κ1) is 41.1. The van der Waals surface area contributed by atoms with Gasteiger partial charge in [-0.05, 0) is 34.1 Å². The summed E-state index contributed by atoms with van der Waals surface area (Å²) in [5, 5.41) is 17.3. The Morgan fingerprint density at radius 1 is 0.500 bits per heavy atom. The van der Waals surface area contributed by atoms with Gasteiger partial charge in [-0.25, -0.2) is 19.2 Å². The van der Waals surface area contributed by atoms with E-state index in [0.717, 1.165) is 22.3 Å². The number of benzene rings is 4. The van der Waals surface area contributed by atoms with Crippen molar-refractivity contribution in [2.45, 2.75) is 84.1 Å². The molecular weight excluding hydrogens is 688 g/mol. The maximum absolute atomic E-state index is 13.8. The number of aliphatic hydroxyl groups is 1. The number of ether oxygens (including phenoxy) is 4. The lowest BCUT2D eigenvalue weighted by Gasteiger charge is -2.32. The fourth-order valence-electron chi connectivity index (χ4n) is 5.62. The number of carbonyl (C=O) groups excluding carboxylic acids is 4. The molecule has 4 rings (SSSR count). The van der Waals surface area contributed by atoms with Gasteiger partial charge in [0.15, 0.2) is 0 Å². The molecule has 0 fully saturated rings. The summed E-state index contributed by atoms with van der Waals surface area (Å²) in [5.41, 5.74) is 3.05. The average molecular weight is 739 g/mol. The summed E-state index contributed by atoms with van der Waals surface area (Å²) >= 11 is 0. The second kappa shape index (κ2) is 21.1. The maximum Gasteiger partial charge on any atom is 0.408 e. The Labute approximate surface area is 317 Å². The quantitative estimate of drug-likeness (QED) is 0.0763. The lowest BCUT2D eigenvalue weighted by atomic mass is 9.95. The Kier molecular flexibility index (Phi) is 16.1. The van der Waals surface area contributed by atoms with Crippen LogP contribution in [-0.2, 0) is 54.6 Å². The van der Waals surface area contributed by atoms with Crippen molar-refractivity contribution in [3.8, 4) is 0 Å². The monoisotopic (exact) mass is 738 g/mol. The molecule has 4 atom stereocenters. The molecule has 54 heavy (non-hydrogen) atoms. The number of esters is 2. The lowest BCUT2D eigenvalue weighted by Crippen LogP contribution is -2.52. The third-order valence-corrected chi connectivity index (χ3v) is 8.67. The van der Waals surface area contributed by atoms with Crippen molar-refractivity contribution >= 4 is 24.1 Å². The molecule has 4 aromatic carbocycles. The molecule has 0 bridgehead atoms. The van der Waals surface area contributed by atoms with Gasteiger partial charge < -0.3 is 34.7 Å². The van der Waals surface area contributed by atoms with Gasteiger partial charge in [0.05, 0.1) is 0 Å². The first-order valence-electron chi connectivity index (χ1n) is 18.1. The third-order valence-electron chi connectivity index (χ3n) is 8.67. The van der Waals surface area contributed by atoms with E-state index in [9.17, 15) is 24.3 Å². The van der Waals surface area contributed by atoms with Crippen molar-refractivity contribution in [3.05, 3.63) is 144 Å². The Morgan fingerprint density at radius 2 is 0.796 bits per heavy atom. The minimum Gasteiger partial charge on any atom is -0.458 e. The van der Waals surface area contributed by atoms with Crippen LogP contribution in [0.4, 0.5) is 9.59 Å². The SMILES string of the molecule is CC(C)C(NC(=O)OCc1ccccc1)C(=O)OC(Cc1ccccc1)C(O)C(Cc1ccccc1)OC(=O)C(NC(=O)OCc1ccccc1)C(C)C. The summed E-state index contributed by atoms with van der Waals surface area (Å²) in [6.45, 7) is 6.99. The fraction of sp³-hybridized carbons (Fsp3) is 0.349. The zero-order valence-corrected chi connectivity index (χ0v) is 31.1. The Morgan fingerprint density at radius 3 is 1.09 bits per heavy atom. The number of rotatable bonds is 18. The van der Waals surface area contributed by atoms with Gasteiger partial charge in [-0.2, -0.15) is 0 Å². The third kappa shape index (κ3) is 13.4. The molecule has 286 valence electrons. The zero-order chi connectivity index (χ0) is 38.9. The number of nitrogens with one attached hydrogen (secondary N) is 2. The van der Waals surface area contributed by atoms with Crippen molar-refractivity contribution in [2.24, 2.45) is 11.8 Å². The first-order valence-corrected chi connectivity index (χ1v) is 18.1. The topological polar surface area (TPSA) is 149 Å². The van der Waals surface area contributed by atoms with E-state index in [1.807, 2.05) is 121 Å². The molecule has 4 unspecified atom stereocenters. The van der Waals surface area contributed by atoms with Crippen molar-refractivity contribution < 1.29 is 43.2 Å². The summed E-state index contributed by atoms with van der Waals surface area (Å²) < 4.78 is 22.7. The highest BCUT2D eigenvalue weighted by Gasteiger charge is 2.38. The first-order chi connectivity index (χ1) is 26.0. The average Bonchev–Trinajstić information content (AvgIpc) is 3.17. The second-order valence-electron chi connectivity index (χ2n) is 13.7. The molecule has 11 nitrogen and oxygen atoms in total. The van der Waals surface area contributed by atoms with Crippen LogP contribution in [0.3, 0.4) is 0 Å². The van der Waals surface area contributed by atoms with E-state index in [-0.39, 0.29) is 26.1 Å². The predicted molar refractivity (Wildman–Crippen MR) is 203 cm³/mol. The summed E-state index contributed by atoms with van der Waals surface area (Å²) in [6, 6.07) is 34.3. The number of hydrogen-bond donors (Lipinski definition) is 3. The highest BCUT2D eigenvalue weighted by molar-refractivity contribution is 5.82. The molecule has 11 heteroatoms. The molecule has 2 amide bonds. The molecule has 0 spiro atoms. The predicted octanol–water partition coefficient (Wildman–Crippen LogP) is 6.56. The van der Waals surface area contributed by atoms with E-state index in [1.54, 1.807) is 27.7 Å². The van der Waals surface area contributed by atoms with Crippen LogP contribution in [0, 0.1) is 11.8 Å². The van der Waals surface area contributed by atoms with Gasteiger partial charge in [-0.3, -0.25) is 0 Å². The van der Waals surface area contributed by atoms with Crippen LogP contribution >= 0.6 is 0 Å². The van der Waals surface area contributed by atoms with E-state index in [1.165, 1.54) is 0 Å². The minimum atomic E-state index is -1.53. The van der Waals surface area contributed by atoms with Crippen LogP contribution in [0.2, 0.25) is 0 Å². The standard InChI is InChI=1S/C43H50N2O9/c1-29(2)37(44-42(49)51-27-33-21-13-7-14-22-33)40(47)53-35(25-31-17-9-5-10-18-31)39(46)36(26-32-19-11-6-12-20-32)54-41(48)38(30(3)4)45-43(50)52-28-34-23-15-8-16-24-34/h5-24,29-30,35-39,46H,25-28H2,1-4H3,(H,44,49)(H,45,50).